The molecule has 1 unspecified atom stereocenters. The van der Waals surface area contributed by atoms with Crippen molar-refractivity contribution in [1.29, 1.82) is 0 Å². The van der Waals surface area contributed by atoms with E-state index in [9.17, 15) is 17.6 Å². The minimum Gasteiger partial charge on any atom is -0.312 e. The highest BCUT2D eigenvalue weighted by Crippen LogP contribution is 2.19. The zero-order valence-electron chi connectivity index (χ0n) is 13.6. The SMILES string of the molecule is CCN(C(=O)C(C)S(=O)(=O)Cc1cccc(F)c1)c1ccccc1. The zero-order chi connectivity index (χ0) is 17.7. The molecule has 0 aromatic heterocycles. The third kappa shape index (κ3) is 4.20. The topological polar surface area (TPSA) is 54.5 Å². The first kappa shape index (κ1) is 18.1. The fourth-order valence-electron chi connectivity index (χ4n) is 2.43. The van der Waals surface area contributed by atoms with Crippen LogP contribution in [-0.2, 0) is 20.4 Å². The van der Waals surface area contributed by atoms with E-state index in [1.54, 1.807) is 31.2 Å². The first-order valence-electron chi connectivity index (χ1n) is 7.67. The second kappa shape index (κ2) is 7.57. The molecule has 0 saturated heterocycles. The van der Waals surface area contributed by atoms with Gasteiger partial charge in [0.1, 0.15) is 11.1 Å². The van der Waals surface area contributed by atoms with Gasteiger partial charge in [-0.25, -0.2) is 12.8 Å². The van der Waals surface area contributed by atoms with Gasteiger partial charge in [0.05, 0.1) is 5.75 Å². The summed E-state index contributed by atoms with van der Waals surface area (Å²) in [5.74, 6) is -1.36. The highest BCUT2D eigenvalue weighted by atomic mass is 32.2. The maximum Gasteiger partial charge on any atom is 0.245 e. The molecule has 0 aliphatic carbocycles. The lowest BCUT2D eigenvalue weighted by molar-refractivity contribution is -0.117. The van der Waals surface area contributed by atoms with Crippen LogP contribution in [0.2, 0.25) is 0 Å². The Balaban J connectivity index is 2.22. The summed E-state index contributed by atoms with van der Waals surface area (Å²) in [6.07, 6.45) is 0. The Bertz CT molecular complexity index is 806. The summed E-state index contributed by atoms with van der Waals surface area (Å²) in [5, 5.41) is -1.21. The molecule has 6 heteroatoms. The number of anilines is 1. The van der Waals surface area contributed by atoms with E-state index in [0.717, 1.165) is 0 Å². The van der Waals surface area contributed by atoms with E-state index < -0.39 is 26.8 Å². The number of carbonyl (C=O) groups is 1. The quantitative estimate of drug-likeness (QED) is 0.805. The van der Waals surface area contributed by atoms with Gasteiger partial charge in [0.25, 0.3) is 0 Å². The standard InChI is InChI=1S/C18H20FNO3S/c1-3-20(17-10-5-4-6-11-17)18(21)14(2)24(22,23)13-15-8-7-9-16(19)12-15/h4-12,14H,3,13H2,1-2H3. The average molecular weight is 349 g/mol. The van der Waals surface area contributed by atoms with Crippen LogP contribution in [-0.4, -0.2) is 26.1 Å². The van der Waals surface area contributed by atoms with Crippen LogP contribution in [0.25, 0.3) is 0 Å². The fourth-order valence-corrected chi connectivity index (χ4v) is 3.76. The number of halogens is 1. The molecule has 1 amide bonds. The normalized spacial score (nSPS) is 12.6. The Morgan fingerprint density at radius 3 is 2.38 bits per heavy atom. The van der Waals surface area contributed by atoms with E-state index in [1.807, 2.05) is 6.07 Å². The van der Waals surface area contributed by atoms with Gasteiger partial charge in [-0.3, -0.25) is 4.79 Å². The summed E-state index contributed by atoms with van der Waals surface area (Å²) in [5.41, 5.74) is 0.982. The molecule has 2 aromatic carbocycles. The van der Waals surface area contributed by atoms with E-state index in [2.05, 4.69) is 0 Å². The van der Waals surface area contributed by atoms with Crippen molar-refractivity contribution in [3.63, 3.8) is 0 Å². The lowest BCUT2D eigenvalue weighted by atomic mass is 10.2. The Labute approximate surface area is 141 Å². The van der Waals surface area contributed by atoms with Crippen LogP contribution in [0.4, 0.5) is 10.1 Å². The lowest BCUT2D eigenvalue weighted by Crippen LogP contribution is -2.42. The first-order chi connectivity index (χ1) is 11.3. The van der Waals surface area contributed by atoms with Crippen LogP contribution in [0.1, 0.15) is 19.4 Å². The monoisotopic (exact) mass is 349 g/mol. The van der Waals surface area contributed by atoms with Crippen LogP contribution in [0, 0.1) is 5.82 Å². The van der Waals surface area contributed by atoms with Crippen molar-refractivity contribution in [2.24, 2.45) is 0 Å². The number of hydrogen-bond donors (Lipinski definition) is 0. The van der Waals surface area contributed by atoms with E-state index >= 15 is 0 Å². The van der Waals surface area contributed by atoms with Gasteiger partial charge in [-0.05, 0) is 43.7 Å². The third-order valence-corrected chi connectivity index (χ3v) is 5.81. The highest BCUT2D eigenvalue weighted by molar-refractivity contribution is 7.92. The van der Waals surface area contributed by atoms with Gasteiger partial charge in [-0.2, -0.15) is 0 Å². The Hall–Kier alpha value is -2.21. The molecule has 2 rings (SSSR count). The van der Waals surface area contributed by atoms with E-state index in [4.69, 9.17) is 0 Å². The predicted molar refractivity (Wildman–Crippen MR) is 93.0 cm³/mol. The van der Waals surface area contributed by atoms with E-state index in [1.165, 1.54) is 36.1 Å². The molecule has 0 N–H and O–H groups in total. The smallest absolute Gasteiger partial charge is 0.245 e. The van der Waals surface area contributed by atoms with Gasteiger partial charge in [0, 0.05) is 12.2 Å². The summed E-state index contributed by atoms with van der Waals surface area (Å²) >= 11 is 0. The number of nitrogens with zero attached hydrogens (tertiary/aromatic N) is 1. The number of sulfone groups is 1. The average Bonchev–Trinajstić information content (AvgIpc) is 2.55. The Morgan fingerprint density at radius 2 is 1.79 bits per heavy atom. The molecule has 0 spiro atoms. The highest BCUT2D eigenvalue weighted by Gasteiger charge is 2.31. The lowest BCUT2D eigenvalue weighted by Gasteiger charge is -2.24. The molecule has 0 aliphatic rings. The molecular formula is C18H20FNO3S. The van der Waals surface area contributed by atoms with E-state index in [0.29, 0.717) is 17.8 Å². The van der Waals surface area contributed by atoms with Gasteiger partial charge in [0.15, 0.2) is 9.84 Å². The van der Waals surface area contributed by atoms with Crippen molar-refractivity contribution >= 4 is 21.4 Å². The molecule has 0 bridgehead atoms. The summed E-state index contributed by atoms with van der Waals surface area (Å²) in [6, 6.07) is 14.3. The van der Waals surface area contributed by atoms with E-state index in [-0.39, 0.29) is 5.75 Å². The second-order valence-corrected chi connectivity index (χ2v) is 7.82. The third-order valence-electron chi connectivity index (χ3n) is 3.79. The maximum absolute atomic E-state index is 13.2. The summed E-state index contributed by atoms with van der Waals surface area (Å²) in [6.45, 7) is 3.53. The molecule has 24 heavy (non-hydrogen) atoms. The molecule has 0 radical (unpaired) electrons. The van der Waals surface area contributed by atoms with Crippen LogP contribution in [0.15, 0.2) is 54.6 Å². The van der Waals surface area contributed by atoms with Crippen molar-refractivity contribution in [2.45, 2.75) is 24.9 Å². The minimum absolute atomic E-state index is 0.331. The molecule has 0 heterocycles. The molecule has 2 aromatic rings. The molecule has 0 fully saturated rings. The Morgan fingerprint density at radius 1 is 1.12 bits per heavy atom. The first-order valence-corrected chi connectivity index (χ1v) is 9.39. The van der Waals surface area contributed by atoms with Gasteiger partial charge in [0.2, 0.25) is 5.91 Å². The number of carbonyl (C=O) groups excluding carboxylic acids is 1. The molecule has 0 aliphatic heterocycles. The van der Waals surface area contributed by atoms with Gasteiger partial charge in [-0.1, -0.05) is 30.3 Å². The second-order valence-electron chi connectivity index (χ2n) is 5.50. The zero-order valence-corrected chi connectivity index (χ0v) is 14.5. The summed E-state index contributed by atoms with van der Waals surface area (Å²) < 4.78 is 38.3. The fraction of sp³-hybridized carbons (Fsp3) is 0.278. The minimum atomic E-state index is -3.75. The predicted octanol–water partition coefficient (Wildman–Crippen LogP) is 3.18. The number of rotatable bonds is 6. The summed E-state index contributed by atoms with van der Waals surface area (Å²) in [7, 11) is -3.75. The maximum atomic E-state index is 13.2. The van der Waals surface area contributed by atoms with Crippen molar-refractivity contribution in [1.82, 2.24) is 0 Å². The molecule has 4 nitrogen and oxygen atoms in total. The number of para-hydroxylation sites is 1. The van der Waals surface area contributed by atoms with Crippen LogP contribution in [0.3, 0.4) is 0 Å². The summed E-state index contributed by atoms with van der Waals surface area (Å²) in [4.78, 5) is 14.1. The molecule has 0 saturated carbocycles. The Kier molecular flexibility index (Phi) is 5.72. The van der Waals surface area contributed by atoms with Crippen LogP contribution < -0.4 is 4.90 Å². The van der Waals surface area contributed by atoms with Gasteiger partial charge < -0.3 is 4.90 Å². The van der Waals surface area contributed by atoms with Crippen molar-refractivity contribution in [3.8, 4) is 0 Å². The number of hydrogen-bond acceptors (Lipinski definition) is 3. The van der Waals surface area contributed by atoms with Crippen molar-refractivity contribution in [3.05, 3.63) is 66.0 Å². The van der Waals surface area contributed by atoms with Gasteiger partial charge >= 0.3 is 0 Å². The number of benzene rings is 2. The van der Waals surface area contributed by atoms with Gasteiger partial charge in [-0.15, -0.1) is 0 Å². The largest absolute Gasteiger partial charge is 0.312 e. The van der Waals surface area contributed by atoms with Crippen molar-refractivity contribution in [2.75, 3.05) is 11.4 Å². The number of amides is 1. The molecular weight excluding hydrogens is 329 g/mol. The molecule has 1 atom stereocenters. The molecule has 128 valence electrons. The van der Waals surface area contributed by atoms with Crippen LogP contribution in [0.5, 0.6) is 0 Å². The van der Waals surface area contributed by atoms with Crippen molar-refractivity contribution < 1.29 is 17.6 Å². The van der Waals surface area contributed by atoms with Crippen LogP contribution >= 0.6 is 0 Å².